The summed E-state index contributed by atoms with van der Waals surface area (Å²) in [5.41, 5.74) is -0.150. The number of benzene rings is 1. The number of nitro groups is 1. The third-order valence-electron chi connectivity index (χ3n) is 2.38. The molecule has 0 bridgehead atoms. The highest BCUT2D eigenvalue weighted by Gasteiger charge is 2.09. The molecule has 1 aromatic heterocycles. The van der Waals surface area contributed by atoms with Crippen LogP contribution in [0.15, 0.2) is 36.4 Å². The maximum absolute atomic E-state index is 13.3. The molecule has 0 aliphatic rings. The van der Waals surface area contributed by atoms with Crippen LogP contribution in [-0.4, -0.2) is 10.8 Å². The number of amides is 1. The summed E-state index contributed by atoms with van der Waals surface area (Å²) in [6.07, 6.45) is 2.48. The zero-order chi connectivity index (χ0) is 15.4. The number of nitrogens with one attached hydrogen (secondary N) is 1. The highest BCUT2D eigenvalue weighted by molar-refractivity contribution is 7.16. The lowest BCUT2D eigenvalue weighted by molar-refractivity contribution is -0.380. The van der Waals surface area contributed by atoms with Gasteiger partial charge in [0.1, 0.15) is 11.6 Å². The average molecular weight is 310 g/mol. The average Bonchev–Trinajstić information content (AvgIpc) is 2.89. The Kier molecular flexibility index (Phi) is 4.39. The number of carbonyl (C=O) groups excluding carboxylic acids is 1. The van der Waals surface area contributed by atoms with Crippen LogP contribution in [-0.2, 0) is 4.79 Å². The minimum Gasteiger partial charge on any atom is -0.320 e. The summed E-state index contributed by atoms with van der Waals surface area (Å²) in [7, 11) is 0. The third kappa shape index (κ3) is 3.93. The predicted molar refractivity (Wildman–Crippen MR) is 75.0 cm³/mol. The van der Waals surface area contributed by atoms with Crippen molar-refractivity contribution >= 4 is 34.0 Å². The Morgan fingerprint density at radius 2 is 2.05 bits per heavy atom. The molecule has 0 unspecified atom stereocenters. The van der Waals surface area contributed by atoms with E-state index in [9.17, 15) is 23.7 Å². The number of rotatable bonds is 4. The van der Waals surface area contributed by atoms with Gasteiger partial charge >= 0.3 is 5.00 Å². The zero-order valence-corrected chi connectivity index (χ0v) is 11.2. The lowest BCUT2D eigenvalue weighted by Gasteiger charge is -2.03. The molecule has 0 spiro atoms. The summed E-state index contributed by atoms with van der Waals surface area (Å²) in [6.45, 7) is 0. The van der Waals surface area contributed by atoms with E-state index in [2.05, 4.69) is 5.32 Å². The van der Waals surface area contributed by atoms with Crippen LogP contribution in [0, 0.1) is 21.7 Å². The highest BCUT2D eigenvalue weighted by atomic mass is 32.1. The standard InChI is InChI=1S/C13H8F2N2O3S/c14-8-1-4-11(10(15)7-8)16-12(18)5-2-9-3-6-13(21-9)17(19)20/h1-7H,(H,16,18). The van der Waals surface area contributed by atoms with Crippen molar-refractivity contribution in [3.8, 4) is 0 Å². The van der Waals surface area contributed by atoms with E-state index in [-0.39, 0.29) is 10.7 Å². The molecular formula is C13H8F2N2O3S. The van der Waals surface area contributed by atoms with Gasteiger partial charge in [0.2, 0.25) is 5.91 Å². The Hall–Kier alpha value is -2.61. The predicted octanol–water partition coefficient (Wildman–Crippen LogP) is 3.59. The second-order valence-electron chi connectivity index (χ2n) is 3.88. The van der Waals surface area contributed by atoms with Gasteiger partial charge in [-0.15, -0.1) is 0 Å². The summed E-state index contributed by atoms with van der Waals surface area (Å²) in [4.78, 5) is 22.1. The largest absolute Gasteiger partial charge is 0.324 e. The van der Waals surface area contributed by atoms with Crippen molar-refractivity contribution in [3.05, 3.63) is 63.0 Å². The van der Waals surface area contributed by atoms with E-state index in [0.29, 0.717) is 10.9 Å². The van der Waals surface area contributed by atoms with Crippen LogP contribution in [0.2, 0.25) is 0 Å². The molecule has 108 valence electrons. The SMILES string of the molecule is O=C(C=Cc1ccc([N+](=O)[O-])s1)Nc1ccc(F)cc1F. The van der Waals surface area contributed by atoms with E-state index in [1.165, 1.54) is 18.2 Å². The van der Waals surface area contributed by atoms with E-state index >= 15 is 0 Å². The summed E-state index contributed by atoms with van der Waals surface area (Å²) in [6, 6.07) is 5.59. The van der Waals surface area contributed by atoms with Crippen LogP contribution in [0.4, 0.5) is 19.5 Å². The van der Waals surface area contributed by atoms with Gasteiger partial charge in [-0.25, -0.2) is 8.78 Å². The molecule has 0 aliphatic heterocycles. The maximum Gasteiger partial charge on any atom is 0.324 e. The molecule has 1 heterocycles. The smallest absolute Gasteiger partial charge is 0.320 e. The fourth-order valence-electron chi connectivity index (χ4n) is 1.45. The van der Waals surface area contributed by atoms with Gasteiger partial charge in [0.05, 0.1) is 10.6 Å². The minimum absolute atomic E-state index is 0.0420. The zero-order valence-electron chi connectivity index (χ0n) is 10.4. The van der Waals surface area contributed by atoms with Crippen LogP contribution in [0.25, 0.3) is 6.08 Å². The van der Waals surface area contributed by atoms with E-state index < -0.39 is 22.5 Å². The molecule has 0 atom stereocenters. The van der Waals surface area contributed by atoms with Crippen molar-refractivity contribution in [3.63, 3.8) is 0 Å². The quantitative estimate of drug-likeness (QED) is 0.533. The van der Waals surface area contributed by atoms with Gasteiger partial charge in [0.25, 0.3) is 0 Å². The monoisotopic (exact) mass is 310 g/mol. The second kappa shape index (κ2) is 6.23. The molecule has 1 N–H and O–H groups in total. The highest BCUT2D eigenvalue weighted by Crippen LogP contribution is 2.24. The molecule has 5 nitrogen and oxygen atoms in total. The molecular weight excluding hydrogens is 302 g/mol. The molecule has 0 saturated heterocycles. The minimum atomic E-state index is -0.886. The summed E-state index contributed by atoms with van der Waals surface area (Å²) in [5, 5.41) is 12.7. The van der Waals surface area contributed by atoms with Crippen LogP contribution in [0.5, 0.6) is 0 Å². The summed E-state index contributed by atoms with van der Waals surface area (Å²) < 4.78 is 26.0. The van der Waals surface area contributed by atoms with Crippen LogP contribution < -0.4 is 5.32 Å². The Morgan fingerprint density at radius 1 is 1.29 bits per heavy atom. The van der Waals surface area contributed by atoms with Crippen molar-refractivity contribution < 1.29 is 18.5 Å². The summed E-state index contributed by atoms with van der Waals surface area (Å²) >= 11 is 0.905. The molecule has 21 heavy (non-hydrogen) atoms. The second-order valence-corrected chi connectivity index (χ2v) is 4.97. The number of nitrogens with zero attached hydrogens (tertiary/aromatic N) is 1. The first-order chi connectivity index (χ1) is 9.95. The first-order valence-electron chi connectivity index (χ1n) is 5.64. The molecule has 0 radical (unpaired) electrons. The Morgan fingerprint density at radius 3 is 2.67 bits per heavy atom. The maximum atomic E-state index is 13.3. The molecule has 8 heteroatoms. The van der Waals surface area contributed by atoms with Crippen molar-refractivity contribution in [1.29, 1.82) is 0 Å². The number of halogens is 2. The van der Waals surface area contributed by atoms with Gasteiger partial charge in [-0.1, -0.05) is 11.3 Å². The van der Waals surface area contributed by atoms with Crippen molar-refractivity contribution in [2.24, 2.45) is 0 Å². The number of thiophene rings is 1. The Bertz CT molecular complexity index is 728. The van der Waals surface area contributed by atoms with Crippen LogP contribution in [0.3, 0.4) is 0 Å². The topological polar surface area (TPSA) is 72.2 Å². The number of anilines is 1. The van der Waals surface area contributed by atoms with E-state index in [4.69, 9.17) is 0 Å². The van der Waals surface area contributed by atoms with Gasteiger partial charge in [-0.3, -0.25) is 14.9 Å². The van der Waals surface area contributed by atoms with Gasteiger partial charge in [0.15, 0.2) is 0 Å². The lowest BCUT2D eigenvalue weighted by Crippen LogP contribution is -2.09. The molecule has 1 aromatic carbocycles. The van der Waals surface area contributed by atoms with Crippen LogP contribution in [0.1, 0.15) is 4.88 Å². The molecule has 2 aromatic rings. The molecule has 0 saturated carbocycles. The fraction of sp³-hybridized carbons (Fsp3) is 0. The van der Waals surface area contributed by atoms with E-state index in [0.717, 1.165) is 29.5 Å². The lowest BCUT2D eigenvalue weighted by atomic mass is 10.3. The summed E-state index contributed by atoms with van der Waals surface area (Å²) in [5.74, 6) is -2.26. The number of hydrogen-bond donors (Lipinski definition) is 1. The van der Waals surface area contributed by atoms with E-state index in [1.54, 1.807) is 0 Å². The number of carbonyl (C=O) groups is 1. The van der Waals surface area contributed by atoms with Gasteiger partial charge in [0, 0.05) is 23.1 Å². The van der Waals surface area contributed by atoms with Gasteiger partial charge < -0.3 is 5.32 Å². The van der Waals surface area contributed by atoms with Crippen molar-refractivity contribution in [2.75, 3.05) is 5.32 Å². The van der Waals surface area contributed by atoms with Crippen molar-refractivity contribution in [1.82, 2.24) is 0 Å². The number of hydrogen-bond acceptors (Lipinski definition) is 4. The first-order valence-corrected chi connectivity index (χ1v) is 6.45. The molecule has 0 aliphatic carbocycles. The Balaban J connectivity index is 2.03. The fourth-order valence-corrected chi connectivity index (χ4v) is 2.18. The van der Waals surface area contributed by atoms with Crippen molar-refractivity contribution in [2.45, 2.75) is 0 Å². The molecule has 1 amide bonds. The van der Waals surface area contributed by atoms with Gasteiger partial charge in [-0.05, 0) is 24.3 Å². The Labute approximate surface area is 121 Å². The van der Waals surface area contributed by atoms with Gasteiger partial charge in [-0.2, -0.15) is 0 Å². The van der Waals surface area contributed by atoms with E-state index in [1.807, 2.05) is 0 Å². The molecule has 2 rings (SSSR count). The first kappa shape index (κ1) is 14.8. The van der Waals surface area contributed by atoms with Crippen LogP contribution >= 0.6 is 11.3 Å². The normalized spacial score (nSPS) is 10.8. The molecule has 0 fully saturated rings. The third-order valence-corrected chi connectivity index (χ3v) is 3.38.